The minimum atomic E-state index is -0.713. The van der Waals surface area contributed by atoms with Gasteiger partial charge in [0.1, 0.15) is 5.54 Å². The van der Waals surface area contributed by atoms with Crippen molar-refractivity contribution < 1.29 is 9.90 Å². The van der Waals surface area contributed by atoms with Gasteiger partial charge < -0.3 is 10.4 Å². The first kappa shape index (κ1) is 13.6. The summed E-state index contributed by atoms with van der Waals surface area (Å²) >= 11 is 0. The van der Waals surface area contributed by atoms with Gasteiger partial charge in [0.2, 0.25) is 0 Å². The lowest BCUT2D eigenvalue weighted by Gasteiger charge is -2.36. The van der Waals surface area contributed by atoms with E-state index in [0.717, 1.165) is 38.6 Å². The Morgan fingerprint density at radius 1 is 1.25 bits per heavy atom. The van der Waals surface area contributed by atoms with Crippen molar-refractivity contribution in [2.24, 2.45) is 11.8 Å². The van der Waals surface area contributed by atoms with Crippen LogP contribution in [-0.4, -0.2) is 23.2 Å². The average Bonchev–Trinajstić information content (AvgIpc) is 2.68. The molecular weight excluding hydrogens is 250 g/mol. The zero-order valence-electron chi connectivity index (χ0n) is 12.1. The highest BCUT2D eigenvalue weighted by atomic mass is 16.4. The fraction of sp³-hybridized carbons (Fsp3) is 0.588. The van der Waals surface area contributed by atoms with Gasteiger partial charge in [-0.3, -0.25) is 4.79 Å². The van der Waals surface area contributed by atoms with E-state index in [0.29, 0.717) is 0 Å². The predicted octanol–water partition coefficient (Wildman–Crippen LogP) is 2.63. The summed E-state index contributed by atoms with van der Waals surface area (Å²) in [5.74, 6) is -0.202. The van der Waals surface area contributed by atoms with E-state index in [1.54, 1.807) is 0 Å². The second kappa shape index (κ2) is 5.21. The van der Waals surface area contributed by atoms with Crippen LogP contribution in [0.3, 0.4) is 0 Å². The maximum Gasteiger partial charge on any atom is 0.324 e. The molecule has 0 heterocycles. The number of hydrogen-bond donors (Lipinski definition) is 2. The van der Waals surface area contributed by atoms with E-state index in [-0.39, 0.29) is 11.8 Å². The third-order valence-electron chi connectivity index (χ3n) is 5.22. The standard InChI is InChI=1S/C17H23NO2/c1-2-9-18-17(16(19)20)14-7-8-15(17)11-13-6-4-3-5-12(13)10-14/h3-6,14-15,18H,2,7-11H2,1H3,(H,19,20). The lowest BCUT2D eigenvalue weighted by molar-refractivity contribution is -0.148. The van der Waals surface area contributed by atoms with E-state index in [9.17, 15) is 9.90 Å². The summed E-state index contributed by atoms with van der Waals surface area (Å²) < 4.78 is 0. The first-order chi connectivity index (χ1) is 9.68. The van der Waals surface area contributed by atoms with Gasteiger partial charge in [0, 0.05) is 0 Å². The zero-order valence-corrected chi connectivity index (χ0v) is 12.1. The van der Waals surface area contributed by atoms with E-state index < -0.39 is 11.5 Å². The molecule has 1 saturated carbocycles. The highest BCUT2D eigenvalue weighted by Gasteiger charge is 2.56. The Morgan fingerprint density at radius 2 is 1.80 bits per heavy atom. The lowest BCUT2D eigenvalue weighted by Crippen LogP contribution is -2.59. The Kier molecular flexibility index (Phi) is 3.55. The van der Waals surface area contributed by atoms with Gasteiger partial charge in [0.05, 0.1) is 0 Å². The molecule has 0 radical (unpaired) electrons. The van der Waals surface area contributed by atoms with Gasteiger partial charge in [0.25, 0.3) is 0 Å². The van der Waals surface area contributed by atoms with Crippen LogP contribution >= 0.6 is 0 Å². The highest BCUT2D eigenvalue weighted by molar-refractivity contribution is 5.81. The minimum Gasteiger partial charge on any atom is -0.480 e. The van der Waals surface area contributed by atoms with E-state index in [1.807, 2.05) is 0 Å². The van der Waals surface area contributed by atoms with Crippen molar-refractivity contribution in [1.29, 1.82) is 0 Å². The molecule has 2 bridgehead atoms. The molecule has 2 aliphatic rings. The summed E-state index contributed by atoms with van der Waals surface area (Å²) in [7, 11) is 0. The Morgan fingerprint density at radius 3 is 2.25 bits per heavy atom. The number of carbonyl (C=O) groups is 1. The molecule has 20 heavy (non-hydrogen) atoms. The van der Waals surface area contributed by atoms with E-state index in [4.69, 9.17) is 0 Å². The van der Waals surface area contributed by atoms with Crippen LogP contribution in [-0.2, 0) is 17.6 Å². The fourth-order valence-electron chi connectivity index (χ4n) is 4.25. The first-order valence-corrected chi connectivity index (χ1v) is 7.73. The van der Waals surface area contributed by atoms with Gasteiger partial charge in [-0.15, -0.1) is 0 Å². The second-order valence-electron chi connectivity index (χ2n) is 6.25. The number of carboxylic acid groups (broad SMARTS) is 1. The Hall–Kier alpha value is -1.35. The normalized spacial score (nSPS) is 31.6. The smallest absolute Gasteiger partial charge is 0.324 e. The van der Waals surface area contributed by atoms with Crippen LogP contribution in [0.5, 0.6) is 0 Å². The molecule has 0 saturated heterocycles. The summed E-state index contributed by atoms with van der Waals surface area (Å²) in [5.41, 5.74) is 1.99. The van der Waals surface area contributed by atoms with Crippen molar-refractivity contribution in [2.45, 2.75) is 44.6 Å². The monoisotopic (exact) mass is 273 g/mol. The van der Waals surface area contributed by atoms with Crippen molar-refractivity contribution >= 4 is 5.97 Å². The molecule has 108 valence electrons. The SMILES string of the molecule is CCCNC1(C(=O)O)C2CCC1Cc1ccccc1C2. The molecule has 3 heteroatoms. The van der Waals surface area contributed by atoms with Gasteiger partial charge in [-0.25, -0.2) is 0 Å². The average molecular weight is 273 g/mol. The number of rotatable bonds is 4. The molecule has 0 spiro atoms. The van der Waals surface area contributed by atoms with Crippen LogP contribution in [0, 0.1) is 11.8 Å². The van der Waals surface area contributed by atoms with Gasteiger partial charge in [-0.1, -0.05) is 31.2 Å². The van der Waals surface area contributed by atoms with E-state index in [1.165, 1.54) is 11.1 Å². The van der Waals surface area contributed by atoms with Gasteiger partial charge in [-0.2, -0.15) is 0 Å². The molecule has 1 fully saturated rings. The molecule has 0 aromatic heterocycles. The summed E-state index contributed by atoms with van der Waals surface area (Å²) in [6.07, 6.45) is 4.83. The largest absolute Gasteiger partial charge is 0.480 e. The number of fused-ring (bicyclic) bond motifs is 3. The Bertz CT molecular complexity index is 478. The van der Waals surface area contributed by atoms with Crippen molar-refractivity contribution in [3.05, 3.63) is 35.4 Å². The predicted molar refractivity (Wildman–Crippen MR) is 78.7 cm³/mol. The quantitative estimate of drug-likeness (QED) is 0.886. The molecule has 3 rings (SSSR count). The molecule has 3 nitrogen and oxygen atoms in total. The maximum atomic E-state index is 12.1. The molecule has 2 atom stereocenters. The van der Waals surface area contributed by atoms with Crippen molar-refractivity contribution in [2.75, 3.05) is 6.54 Å². The Labute approximate surface area is 120 Å². The van der Waals surface area contributed by atoms with Crippen LogP contribution < -0.4 is 5.32 Å². The number of hydrogen-bond acceptors (Lipinski definition) is 2. The zero-order chi connectivity index (χ0) is 14.2. The molecule has 0 amide bonds. The van der Waals surface area contributed by atoms with Crippen molar-refractivity contribution in [3.63, 3.8) is 0 Å². The summed E-state index contributed by atoms with van der Waals surface area (Å²) in [6, 6.07) is 8.48. The van der Waals surface area contributed by atoms with Crippen LogP contribution in [0.2, 0.25) is 0 Å². The number of benzene rings is 1. The molecule has 2 unspecified atom stereocenters. The van der Waals surface area contributed by atoms with Crippen molar-refractivity contribution in [1.82, 2.24) is 5.32 Å². The van der Waals surface area contributed by atoms with Crippen molar-refractivity contribution in [3.8, 4) is 0 Å². The van der Waals surface area contributed by atoms with Crippen LogP contribution in [0.1, 0.15) is 37.3 Å². The van der Waals surface area contributed by atoms with E-state index in [2.05, 4.69) is 36.5 Å². The van der Waals surface area contributed by atoms with Crippen LogP contribution in [0.15, 0.2) is 24.3 Å². The second-order valence-corrected chi connectivity index (χ2v) is 6.25. The third-order valence-corrected chi connectivity index (χ3v) is 5.22. The number of aliphatic carboxylic acids is 1. The molecular formula is C17H23NO2. The third kappa shape index (κ3) is 1.96. The Balaban J connectivity index is 2.00. The van der Waals surface area contributed by atoms with E-state index >= 15 is 0 Å². The van der Waals surface area contributed by atoms with Crippen LogP contribution in [0.4, 0.5) is 0 Å². The summed E-state index contributed by atoms with van der Waals surface area (Å²) in [5, 5.41) is 13.4. The molecule has 2 aliphatic carbocycles. The van der Waals surface area contributed by atoms with Gasteiger partial charge >= 0.3 is 5.97 Å². The maximum absolute atomic E-state index is 12.1. The number of carboxylic acids is 1. The lowest BCUT2D eigenvalue weighted by atomic mass is 9.78. The van der Waals surface area contributed by atoms with Crippen LogP contribution in [0.25, 0.3) is 0 Å². The molecule has 0 aliphatic heterocycles. The summed E-state index contributed by atoms with van der Waals surface area (Å²) in [6.45, 7) is 2.88. The summed E-state index contributed by atoms with van der Waals surface area (Å²) in [4.78, 5) is 12.1. The molecule has 1 aromatic rings. The first-order valence-electron chi connectivity index (χ1n) is 7.73. The van der Waals surface area contributed by atoms with Gasteiger partial charge in [-0.05, 0) is 61.6 Å². The molecule has 1 aromatic carbocycles. The van der Waals surface area contributed by atoms with Gasteiger partial charge in [0.15, 0.2) is 0 Å². The fourth-order valence-corrected chi connectivity index (χ4v) is 4.25. The molecule has 2 N–H and O–H groups in total. The number of nitrogens with one attached hydrogen (secondary N) is 1. The highest BCUT2D eigenvalue weighted by Crippen LogP contribution is 2.47. The minimum absolute atomic E-state index is 0.222. The topological polar surface area (TPSA) is 49.3 Å².